The second-order valence-corrected chi connectivity index (χ2v) is 13.0. The average Bonchev–Trinajstić information content (AvgIpc) is 3.54. The first-order chi connectivity index (χ1) is 24.3. The summed E-state index contributed by atoms with van der Waals surface area (Å²) in [5.74, 6) is 1.12. The first-order valence-corrected chi connectivity index (χ1v) is 17.4. The van der Waals surface area contributed by atoms with Gasteiger partial charge < -0.3 is 0 Å². The number of para-hydroxylation sites is 2. The van der Waals surface area contributed by atoms with Crippen LogP contribution in [-0.4, -0.2) is 9.55 Å². The topological polar surface area (TPSA) is 17.8 Å². The number of imidazole rings is 1. The quantitative estimate of drug-likeness (QED) is 0.161. The maximum atomic E-state index is 5.04. The van der Waals surface area contributed by atoms with Crippen LogP contribution in [0.2, 0.25) is 0 Å². The van der Waals surface area contributed by atoms with Crippen molar-refractivity contribution in [3.63, 3.8) is 0 Å². The zero-order valence-corrected chi connectivity index (χ0v) is 27.6. The SMILES string of the molecule is CCCCc1nc2ccccc2n1-c1ccc(-c2c3ccccc3c(-c3ccc4ccccc4c3)c3cc(-c4ccccc4)ccc23)cc1. The van der Waals surface area contributed by atoms with E-state index in [1.807, 2.05) is 0 Å². The molecular formula is C47H36N2. The lowest BCUT2D eigenvalue weighted by Gasteiger charge is -2.19. The molecule has 0 aliphatic heterocycles. The highest BCUT2D eigenvalue weighted by Crippen LogP contribution is 2.45. The third-order valence-corrected chi connectivity index (χ3v) is 9.97. The van der Waals surface area contributed by atoms with Gasteiger partial charge in [-0.05, 0) is 109 Å². The van der Waals surface area contributed by atoms with Gasteiger partial charge in [0.15, 0.2) is 0 Å². The summed E-state index contributed by atoms with van der Waals surface area (Å²) in [5, 5.41) is 7.54. The van der Waals surface area contributed by atoms with Crippen molar-refractivity contribution in [1.82, 2.24) is 9.55 Å². The molecule has 0 N–H and O–H groups in total. The van der Waals surface area contributed by atoms with Crippen molar-refractivity contribution in [2.24, 2.45) is 0 Å². The van der Waals surface area contributed by atoms with Gasteiger partial charge >= 0.3 is 0 Å². The molecule has 49 heavy (non-hydrogen) atoms. The molecule has 8 aromatic carbocycles. The van der Waals surface area contributed by atoms with Gasteiger partial charge in [0, 0.05) is 12.1 Å². The van der Waals surface area contributed by atoms with E-state index in [2.05, 4.69) is 175 Å². The Bertz CT molecular complexity index is 2630. The second-order valence-electron chi connectivity index (χ2n) is 13.0. The number of aromatic nitrogens is 2. The Kier molecular flexibility index (Phi) is 7.28. The zero-order chi connectivity index (χ0) is 32.7. The van der Waals surface area contributed by atoms with Crippen molar-refractivity contribution in [3.8, 4) is 39.1 Å². The summed E-state index contributed by atoms with van der Waals surface area (Å²) < 4.78 is 2.35. The minimum atomic E-state index is 0.961. The van der Waals surface area contributed by atoms with E-state index in [9.17, 15) is 0 Å². The minimum absolute atomic E-state index is 0.961. The maximum absolute atomic E-state index is 5.04. The van der Waals surface area contributed by atoms with Gasteiger partial charge in [-0.3, -0.25) is 4.57 Å². The predicted octanol–water partition coefficient (Wildman–Crippen LogP) is 12.8. The summed E-state index contributed by atoms with van der Waals surface area (Å²) in [7, 11) is 0. The molecule has 0 saturated carbocycles. The minimum Gasteiger partial charge on any atom is -0.296 e. The van der Waals surface area contributed by atoms with Crippen LogP contribution in [0.1, 0.15) is 25.6 Å². The van der Waals surface area contributed by atoms with Gasteiger partial charge in [-0.15, -0.1) is 0 Å². The maximum Gasteiger partial charge on any atom is 0.114 e. The first kappa shape index (κ1) is 29.2. The molecule has 0 unspecified atom stereocenters. The molecule has 2 heteroatoms. The van der Waals surface area contributed by atoms with E-state index in [0.717, 1.165) is 41.8 Å². The van der Waals surface area contributed by atoms with Crippen LogP contribution in [0, 0.1) is 0 Å². The van der Waals surface area contributed by atoms with E-state index in [4.69, 9.17) is 4.98 Å². The smallest absolute Gasteiger partial charge is 0.114 e. The van der Waals surface area contributed by atoms with E-state index in [0.29, 0.717) is 0 Å². The molecule has 0 aliphatic rings. The fourth-order valence-electron chi connectivity index (χ4n) is 7.60. The van der Waals surface area contributed by atoms with E-state index < -0.39 is 0 Å². The third-order valence-electron chi connectivity index (χ3n) is 9.97. The number of rotatable bonds is 7. The molecule has 0 fully saturated rings. The fourth-order valence-corrected chi connectivity index (χ4v) is 7.60. The zero-order valence-electron chi connectivity index (χ0n) is 27.6. The molecule has 9 aromatic rings. The fraction of sp³-hybridized carbons (Fsp3) is 0.0851. The van der Waals surface area contributed by atoms with Crippen molar-refractivity contribution in [3.05, 3.63) is 170 Å². The normalized spacial score (nSPS) is 11.6. The van der Waals surface area contributed by atoms with Gasteiger partial charge in [0.25, 0.3) is 0 Å². The number of aryl methyl sites for hydroxylation is 1. The average molecular weight is 629 g/mol. The monoisotopic (exact) mass is 628 g/mol. The molecule has 1 aromatic heterocycles. The van der Waals surface area contributed by atoms with Crippen molar-refractivity contribution in [1.29, 1.82) is 0 Å². The lowest BCUT2D eigenvalue weighted by Crippen LogP contribution is -2.01. The molecule has 1 heterocycles. The Morgan fingerprint density at radius 2 is 1.10 bits per heavy atom. The summed E-state index contributed by atoms with van der Waals surface area (Å²) in [6, 6.07) is 59.9. The Balaban J connectivity index is 1.28. The molecule has 0 atom stereocenters. The molecule has 0 spiro atoms. The van der Waals surface area contributed by atoms with Gasteiger partial charge in [0.2, 0.25) is 0 Å². The first-order valence-electron chi connectivity index (χ1n) is 17.4. The second kappa shape index (κ2) is 12.2. The summed E-state index contributed by atoms with van der Waals surface area (Å²) in [6.45, 7) is 2.24. The Labute approximate surface area is 286 Å². The van der Waals surface area contributed by atoms with Crippen molar-refractivity contribution in [2.75, 3.05) is 0 Å². The van der Waals surface area contributed by atoms with Crippen LogP contribution in [0.25, 0.3) is 82.4 Å². The number of unbranched alkanes of at least 4 members (excludes halogenated alkanes) is 1. The number of nitrogens with zero attached hydrogens (tertiary/aromatic N) is 2. The van der Waals surface area contributed by atoms with Crippen molar-refractivity contribution in [2.45, 2.75) is 26.2 Å². The van der Waals surface area contributed by atoms with E-state index in [1.165, 1.54) is 65.7 Å². The molecule has 0 aliphatic carbocycles. The summed E-state index contributed by atoms with van der Waals surface area (Å²) >= 11 is 0. The molecular weight excluding hydrogens is 593 g/mol. The molecule has 0 saturated heterocycles. The molecule has 234 valence electrons. The standard InChI is InChI=1S/C47H36N2/c1-2-3-21-45-48-43-19-11-12-20-44(43)49(45)38-27-24-34(25-28-38)46-39-17-9-10-18-40(39)47(37-23-22-33-15-7-8-16-35(33)30-37)42-31-36(26-29-41(42)46)32-13-5-4-6-14-32/h4-20,22-31H,2-3,21H2,1H3. The van der Waals surface area contributed by atoms with Crippen LogP contribution < -0.4 is 0 Å². The molecule has 0 bridgehead atoms. The van der Waals surface area contributed by atoms with Crippen LogP contribution >= 0.6 is 0 Å². The number of benzene rings is 8. The molecule has 0 radical (unpaired) electrons. The number of fused-ring (bicyclic) bond motifs is 4. The van der Waals surface area contributed by atoms with Crippen LogP contribution in [0.5, 0.6) is 0 Å². The van der Waals surface area contributed by atoms with Crippen LogP contribution in [-0.2, 0) is 6.42 Å². The largest absolute Gasteiger partial charge is 0.296 e. The van der Waals surface area contributed by atoms with Crippen LogP contribution in [0.3, 0.4) is 0 Å². The number of hydrogen-bond acceptors (Lipinski definition) is 1. The summed E-state index contributed by atoms with van der Waals surface area (Å²) in [4.78, 5) is 5.04. The van der Waals surface area contributed by atoms with E-state index in [-0.39, 0.29) is 0 Å². The lowest BCUT2D eigenvalue weighted by atomic mass is 9.84. The van der Waals surface area contributed by atoms with Gasteiger partial charge in [0.1, 0.15) is 5.82 Å². The Morgan fingerprint density at radius 3 is 1.90 bits per heavy atom. The summed E-state index contributed by atoms with van der Waals surface area (Å²) in [5.41, 5.74) is 10.8. The summed E-state index contributed by atoms with van der Waals surface area (Å²) in [6.07, 6.45) is 3.22. The lowest BCUT2D eigenvalue weighted by molar-refractivity contribution is 0.744. The number of hydrogen-bond donors (Lipinski definition) is 0. The Morgan fingerprint density at radius 1 is 0.469 bits per heavy atom. The van der Waals surface area contributed by atoms with Crippen LogP contribution in [0.4, 0.5) is 0 Å². The highest BCUT2D eigenvalue weighted by atomic mass is 15.1. The molecule has 0 amide bonds. The Hall–Kier alpha value is -5.99. The van der Waals surface area contributed by atoms with Gasteiger partial charge in [-0.1, -0.05) is 141 Å². The third kappa shape index (κ3) is 5.08. The molecule has 2 nitrogen and oxygen atoms in total. The highest BCUT2D eigenvalue weighted by molar-refractivity contribution is 6.22. The van der Waals surface area contributed by atoms with E-state index in [1.54, 1.807) is 0 Å². The van der Waals surface area contributed by atoms with Gasteiger partial charge in [0.05, 0.1) is 11.0 Å². The molecule has 9 rings (SSSR count). The van der Waals surface area contributed by atoms with Gasteiger partial charge in [-0.2, -0.15) is 0 Å². The van der Waals surface area contributed by atoms with Gasteiger partial charge in [-0.25, -0.2) is 4.98 Å². The van der Waals surface area contributed by atoms with Crippen LogP contribution in [0.15, 0.2) is 164 Å². The van der Waals surface area contributed by atoms with Crippen molar-refractivity contribution < 1.29 is 0 Å². The van der Waals surface area contributed by atoms with Crippen molar-refractivity contribution >= 4 is 43.4 Å². The highest BCUT2D eigenvalue weighted by Gasteiger charge is 2.19. The van der Waals surface area contributed by atoms with E-state index >= 15 is 0 Å². The predicted molar refractivity (Wildman–Crippen MR) is 209 cm³/mol.